The predicted molar refractivity (Wildman–Crippen MR) is 419 cm³/mol. The van der Waals surface area contributed by atoms with Crippen molar-refractivity contribution in [1.82, 2.24) is 78.5 Å². The number of hydrogen-bond acceptors (Lipinski definition) is 18. The number of hydrogen-bond donors (Lipinski definition) is 0. The largest absolute Gasteiger partial charge is 0.496 e. The van der Waals surface area contributed by atoms with Crippen LogP contribution in [0.3, 0.4) is 0 Å². The highest BCUT2D eigenvalue weighted by Gasteiger charge is 2.18. The van der Waals surface area contributed by atoms with Crippen molar-refractivity contribution in [2.45, 2.75) is 62.8 Å². The summed E-state index contributed by atoms with van der Waals surface area (Å²) in [5.74, 6) is 3.66. The van der Waals surface area contributed by atoms with Crippen molar-refractivity contribution < 1.29 is 27.4 Å². The molecule has 0 unspecified atom stereocenters. The van der Waals surface area contributed by atoms with E-state index >= 15 is 0 Å². The zero-order valence-electron chi connectivity index (χ0n) is 61.2. The van der Waals surface area contributed by atoms with Crippen LogP contribution in [0, 0.1) is 0 Å². The number of ether oxygens (including phenoxy) is 4. The molecular weight excluding hydrogens is 1370 g/mol. The van der Waals surface area contributed by atoms with Crippen LogP contribution in [-0.4, -0.2) is 136 Å². The summed E-state index contributed by atoms with van der Waals surface area (Å²) in [6, 6.07) is 70.6. The van der Waals surface area contributed by atoms with Gasteiger partial charge in [-0.3, -0.25) is 22.6 Å². The third-order valence-electron chi connectivity index (χ3n) is 18.7. The molecule has 6 aromatic carbocycles. The van der Waals surface area contributed by atoms with Crippen LogP contribution in [0.4, 0.5) is 0 Å². The molecule has 16 rings (SSSR count). The Balaban J connectivity index is 0.000000127. The fourth-order valence-electron chi connectivity index (χ4n) is 13.3. The van der Waals surface area contributed by atoms with Crippen LogP contribution in [0.15, 0.2) is 267 Å². The summed E-state index contributed by atoms with van der Waals surface area (Å²) in [6.45, 7) is 0.911. The van der Waals surface area contributed by atoms with Gasteiger partial charge in [-0.15, -0.1) is 40.8 Å². The molecule has 0 saturated carbocycles. The molecule has 544 valence electrons. The Hall–Kier alpha value is -12.9. The molecular formula is C85H82N16O6S. The standard InChI is InChI=1S/C24H26N4O.C22H21N3O3S.C20H18N4O.C19H17N5O/c1-27(2)16-18-7-6-9-20(15-18)22-14-13-21(28-17-25-26-24(22)28)12-11-19-8-4-5-10-23(19)29-3;1-28-21-6-4-3-5-17(21)7-10-18-11-14-20(22-24-23-15-25(18)22)16-8-12-19(13-9-16)29(2,26)27;1-25-19-7-3-2-5-15(19)8-9-17-10-11-18(16-6-4-12-21-13-16)20-23-22-14-24(17)20;1-25-18-5-3-2-4-14(18)6-7-16-8-9-17(15-10-11-20-21-12-15)19-23-22-13-24(16)19/h4-10,13-15,17H,11-12,16H2,1-3H3;3-6,8-9,11-15H,7,10H2,1-2H3;2-7,10-14H,8-9H2,1H3;2-5,8-13H,6-7H2,1H3. The number of aromatic nitrogens is 15. The van der Waals surface area contributed by atoms with E-state index in [1.807, 2.05) is 106 Å². The van der Waals surface area contributed by atoms with Gasteiger partial charge in [0.05, 0.1) is 45.7 Å². The Bertz CT molecular complexity index is 5630. The third-order valence-corrected chi connectivity index (χ3v) is 19.9. The number of pyridine rings is 5. The van der Waals surface area contributed by atoms with Crippen LogP contribution in [-0.2, 0) is 67.7 Å². The summed E-state index contributed by atoms with van der Waals surface area (Å²) in [5, 5.41) is 41.5. The van der Waals surface area contributed by atoms with Crippen molar-refractivity contribution in [3.05, 3.63) is 313 Å². The van der Waals surface area contributed by atoms with Gasteiger partial charge in [-0.2, -0.15) is 10.2 Å². The highest BCUT2D eigenvalue weighted by atomic mass is 32.2. The van der Waals surface area contributed by atoms with Crippen molar-refractivity contribution >= 4 is 32.4 Å². The minimum atomic E-state index is -3.22. The van der Waals surface area contributed by atoms with E-state index in [0.29, 0.717) is 4.90 Å². The first-order valence-electron chi connectivity index (χ1n) is 35.3. The lowest BCUT2D eigenvalue weighted by molar-refractivity contribution is 0.402. The molecule has 0 amide bonds. The predicted octanol–water partition coefficient (Wildman–Crippen LogP) is 14.4. The number of para-hydroxylation sites is 4. The van der Waals surface area contributed by atoms with Gasteiger partial charge in [0.1, 0.15) is 48.3 Å². The normalized spacial score (nSPS) is 11.2. The van der Waals surface area contributed by atoms with Gasteiger partial charge in [0.2, 0.25) is 0 Å². The zero-order chi connectivity index (χ0) is 74.8. The molecule has 10 aromatic heterocycles. The van der Waals surface area contributed by atoms with Crippen molar-refractivity contribution in [2.24, 2.45) is 0 Å². The Morgan fingerprint density at radius 3 is 1.06 bits per heavy atom. The van der Waals surface area contributed by atoms with Gasteiger partial charge in [-0.05, 0) is 208 Å². The number of fused-ring (bicyclic) bond motifs is 4. The fourth-order valence-corrected chi connectivity index (χ4v) is 13.9. The molecule has 0 fully saturated rings. The molecule has 22 nitrogen and oxygen atoms in total. The van der Waals surface area contributed by atoms with Crippen LogP contribution in [0.5, 0.6) is 23.0 Å². The number of aryl methyl sites for hydroxylation is 8. The van der Waals surface area contributed by atoms with Crippen molar-refractivity contribution in [2.75, 3.05) is 48.8 Å². The topological polar surface area (TPSA) is 234 Å². The molecule has 0 aliphatic heterocycles. The average Bonchev–Trinajstić information content (AvgIpc) is 1.64. The van der Waals surface area contributed by atoms with Crippen LogP contribution >= 0.6 is 0 Å². The van der Waals surface area contributed by atoms with Crippen LogP contribution < -0.4 is 18.9 Å². The van der Waals surface area contributed by atoms with Crippen LogP contribution in [0.1, 0.15) is 50.6 Å². The molecule has 0 atom stereocenters. The SMILES string of the molecule is COc1ccccc1CCc1ccc(-c2ccc(S(C)(=O)=O)cc2)c2nncn12.COc1ccccc1CCc1ccc(-c2cccc(CN(C)C)c2)c2nncn12.COc1ccccc1CCc1ccc(-c2cccnc2)c2nncn12.COc1ccccc1CCc1ccc(-c2ccnnc2)c2nncn12. The second-order valence-corrected chi connectivity index (χ2v) is 27.9. The minimum Gasteiger partial charge on any atom is -0.496 e. The molecule has 10 heterocycles. The highest BCUT2D eigenvalue weighted by Crippen LogP contribution is 2.32. The van der Waals surface area contributed by atoms with Crippen LogP contribution in [0.2, 0.25) is 0 Å². The molecule has 0 bridgehead atoms. The molecule has 0 aliphatic rings. The second-order valence-electron chi connectivity index (χ2n) is 25.9. The molecule has 0 N–H and O–H groups in total. The van der Waals surface area contributed by atoms with Gasteiger partial charge < -0.3 is 23.8 Å². The number of methoxy groups -OCH3 is 4. The fraction of sp³-hybridized carbons (Fsp3) is 0.188. The Morgan fingerprint density at radius 1 is 0.343 bits per heavy atom. The smallest absolute Gasteiger partial charge is 0.175 e. The zero-order valence-corrected chi connectivity index (χ0v) is 62.0. The number of nitrogens with zero attached hydrogens (tertiary/aromatic N) is 16. The molecule has 0 saturated heterocycles. The molecule has 108 heavy (non-hydrogen) atoms. The van der Waals surface area contributed by atoms with E-state index in [0.717, 1.165) is 159 Å². The first kappa shape index (κ1) is 73.5. The van der Waals surface area contributed by atoms with E-state index in [4.69, 9.17) is 18.9 Å². The molecule has 16 aromatic rings. The lowest BCUT2D eigenvalue weighted by Crippen LogP contribution is -2.10. The number of benzene rings is 6. The van der Waals surface area contributed by atoms with Crippen molar-refractivity contribution in [1.29, 1.82) is 0 Å². The lowest BCUT2D eigenvalue weighted by atomic mass is 10.0. The maximum absolute atomic E-state index is 11.7. The first-order chi connectivity index (χ1) is 52.9. The highest BCUT2D eigenvalue weighted by molar-refractivity contribution is 7.90. The maximum Gasteiger partial charge on any atom is 0.175 e. The lowest BCUT2D eigenvalue weighted by Gasteiger charge is -2.13. The van der Waals surface area contributed by atoms with Gasteiger partial charge in [0, 0.05) is 81.4 Å². The van der Waals surface area contributed by atoms with Crippen molar-refractivity contribution in [3.8, 4) is 67.5 Å². The van der Waals surface area contributed by atoms with Gasteiger partial charge in [0.25, 0.3) is 0 Å². The number of rotatable bonds is 23. The van der Waals surface area contributed by atoms with E-state index in [2.05, 4.69) is 181 Å². The van der Waals surface area contributed by atoms with Crippen LogP contribution in [0.25, 0.3) is 67.1 Å². The Labute approximate surface area is 626 Å². The molecule has 23 heteroatoms. The molecule has 0 spiro atoms. The van der Waals surface area contributed by atoms with Crippen molar-refractivity contribution in [3.63, 3.8) is 0 Å². The average molecular weight is 1460 g/mol. The van der Waals surface area contributed by atoms with E-state index in [9.17, 15) is 8.42 Å². The molecule has 0 aliphatic carbocycles. The quantitative estimate of drug-likeness (QED) is 0.0579. The minimum absolute atomic E-state index is 0.298. The van der Waals surface area contributed by atoms with Gasteiger partial charge in [-0.25, -0.2) is 8.42 Å². The first-order valence-corrected chi connectivity index (χ1v) is 37.2. The maximum atomic E-state index is 11.7. The number of sulfone groups is 1. The summed E-state index contributed by atoms with van der Waals surface area (Å²) < 4.78 is 53.4. The van der Waals surface area contributed by atoms with E-state index < -0.39 is 9.84 Å². The summed E-state index contributed by atoms with van der Waals surface area (Å²) in [4.78, 5) is 6.67. The van der Waals surface area contributed by atoms with E-state index in [1.165, 1.54) is 45.5 Å². The Morgan fingerprint density at radius 2 is 0.713 bits per heavy atom. The van der Waals surface area contributed by atoms with E-state index in [-0.39, 0.29) is 0 Å². The summed E-state index contributed by atoms with van der Waals surface area (Å²) >= 11 is 0. The second kappa shape index (κ2) is 34.8. The van der Waals surface area contributed by atoms with Gasteiger partial charge in [0.15, 0.2) is 32.4 Å². The summed E-state index contributed by atoms with van der Waals surface area (Å²) in [5.41, 5.74) is 22.0. The van der Waals surface area contributed by atoms with Gasteiger partial charge in [-0.1, -0.05) is 109 Å². The van der Waals surface area contributed by atoms with Gasteiger partial charge >= 0.3 is 0 Å². The molecule has 0 radical (unpaired) electrons. The monoisotopic (exact) mass is 1450 g/mol. The Kier molecular flexibility index (Phi) is 23.7. The third kappa shape index (κ3) is 17.4. The summed E-state index contributed by atoms with van der Waals surface area (Å²) in [7, 11) is 7.75. The summed E-state index contributed by atoms with van der Waals surface area (Å²) in [6.07, 6.45) is 22.2. The van der Waals surface area contributed by atoms with E-state index in [1.54, 1.807) is 96.6 Å².